The Bertz CT molecular complexity index is 958. The Balaban J connectivity index is 2.13. The SMILES string of the molecule is CCc1nc2s/c(=C\c3ccccc3OC(C)=O)c(=O)n2n1. The van der Waals surface area contributed by atoms with Crippen molar-refractivity contribution in [3.63, 3.8) is 0 Å². The van der Waals surface area contributed by atoms with Gasteiger partial charge in [-0.05, 0) is 12.1 Å². The fourth-order valence-electron chi connectivity index (χ4n) is 2.01. The van der Waals surface area contributed by atoms with Gasteiger partial charge in [0, 0.05) is 18.9 Å². The predicted octanol–water partition coefficient (Wildman–Crippen LogP) is 1.19. The maximum absolute atomic E-state index is 12.3. The molecule has 0 bridgehead atoms. The van der Waals surface area contributed by atoms with E-state index in [2.05, 4.69) is 10.1 Å². The first-order valence-corrected chi connectivity index (χ1v) is 7.57. The van der Waals surface area contributed by atoms with Gasteiger partial charge in [-0.1, -0.05) is 36.5 Å². The second-order valence-electron chi connectivity index (χ2n) is 4.62. The van der Waals surface area contributed by atoms with E-state index in [1.807, 2.05) is 13.0 Å². The third kappa shape index (κ3) is 2.62. The molecule has 112 valence electrons. The molecular formula is C15H13N3O3S. The summed E-state index contributed by atoms with van der Waals surface area (Å²) in [6.07, 6.45) is 2.37. The molecule has 0 atom stereocenters. The lowest BCUT2D eigenvalue weighted by molar-refractivity contribution is -0.131. The number of aryl methyl sites for hydroxylation is 1. The summed E-state index contributed by atoms with van der Waals surface area (Å²) < 4.78 is 6.95. The highest BCUT2D eigenvalue weighted by Gasteiger charge is 2.10. The van der Waals surface area contributed by atoms with Crippen LogP contribution in [-0.4, -0.2) is 20.6 Å². The number of hydrogen-bond acceptors (Lipinski definition) is 6. The first kappa shape index (κ1) is 14.4. The fourth-order valence-corrected chi connectivity index (χ4v) is 2.93. The third-order valence-corrected chi connectivity index (χ3v) is 3.96. The Morgan fingerprint density at radius 2 is 2.18 bits per heavy atom. The van der Waals surface area contributed by atoms with Gasteiger partial charge in [0.15, 0.2) is 5.82 Å². The van der Waals surface area contributed by atoms with Crippen LogP contribution < -0.4 is 14.8 Å². The van der Waals surface area contributed by atoms with Crippen LogP contribution in [0.3, 0.4) is 0 Å². The van der Waals surface area contributed by atoms with E-state index in [-0.39, 0.29) is 5.56 Å². The molecule has 0 aliphatic rings. The van der Waals surface area contributed by atoms with Crippen molar-refractivity contribution < 1.29 is 9.53 Å². The molecule has 0 saturated heterocycles. The summed E-state index contributed by atoms with van der Waals surface area (Å²) in [5, 5.41) is 4.16. The summed E-state index contributed by atoms with van der Waals surface area (Å²) in [6.45, 7) is 3.28. The molecule has 0 radical (unpaired) electrons. The lowest BCUT2D eigenvalue weighted by Gasteiger charge is -2.03. The van der Waals surface area contributed by atoms with Crippen molar-refractivity contribution in [3.05, 3.63) is 50.5 Å². The molecule has 2 aromatic heterocycles. The largest absolute Gasteiger partial charge is 0.426 e. The summed E-state index contributed by atoms with van der Waals surface area (Å²) in [5.74, 6) is 0.663. The van der Waals surface area contributed by atoms with Gasteiger partial charge in [-0.15, -0.1) is 5.10 Å². The molecule has 0 spiro atoms. The van der Waals surface area contributed by atoms with Crippen molar-refractivity contribution in [2.45, 2.75) is 20.3 Å². The summed E-state index contributed by atoms with van der Waals surface area (Å²) in [5.41, 5.74) is 0.444. The van der Waals surface area contributed by atoms with Crippen molar-refractivity contribution >= 4 is 28.3 Å². The Kier molecular flexibility index (Phi) is 3.72. The van der Waals surface area contributed by atoms with E-state index in [4.69, 9.17) is 4.74 Å². The van der Waals surface area contributed by atoms with E-state index in [0.29, 0.717) is 33.1 Å². The number of carbonyl (C=O) groups excluding carboxylic acids is 1. The molecule has 0 N–H and O–H groups in total. The second kappa shape index (κ2) is 5.69. The van der Waals surface area contributed by atoms with Crippen molar-refractivity contribution in [2.24, 2.45) is 0 Å². The molecule has 2 heterocycles. The average Bonchev–Trinajstić information content (AvgIpc) is 3.01. The number of nitrogens with zero attached hydrogens (tertiary/aromatic N) is 3. The van der Waals surface area contributed by atoms with Gasteiger partial charge < -0.3 is 4.74 Å². The smallest absolute Gasteiger partial charge is 0.308 e. The molecule has 0 fully saturated rings. The van der Waals surface area contributed by atoms with Crippen LogP contribution in [0.15, 0.2) is 29.1 Å². The number of thiazole rings is 1. The third-order valence-electron chi connectivity index (χ3n) is 3.00. The van der Waals surface area contributed by atoms with Crippen LogP contribution in [-0.2, 0) is 11.2 Å². The van der Waals surface area contributed by atoms with Crippen LogP contribution in [0.5, 0.6) is 5.75 Å². The molecule has 0 aliphatic carbocycles. The van der Waals surface area contributed by atoms with Crippen LogP contribution in [0.25, 0.3) is 11.0 Å². The topological polar surface area (TPSA) is 73.6 Å². The Labute approximate surface area is 129 Å². The highest BCUT2D eigenvalue weighted by Crippen LogP contribution is 2.18. The zero-order valence-corrected chi connectivity index (χ0v) is 12.9. The summed E-state index contributed by atoms with van der Waals surface area (Å²) in [4.78, 5) is 28.3. The number of ether oxygens (including phenoxy) is 1. The van der Waals surface area contributed by atoms with E-state index in [9.17, 15) is 9.59 Å². The van der Waals surface area contributed by atoms with Gasteiger partial charge in [0.1, 0.15) is 5.75 Å². The van der Waals surface area contributed by atoms with Gasteiger partial charge in [-0.3, -0.25) is 9.59 Å². The van der Waals surface area contributed by atoms with Crippen LogP contribution >= 0.6 is 11.3 Å². The van der Waals surface area contributed by atoms with E-state index >= 15 is 0 Å². The Morgan fingerprint density at radius 3 is 2.86 bits per heavy atom. The minimum absolute atomic E-state index is 0.218. The molecule has 1 aromatic carbocycles. The van der Waals surface area contributed by atoms with Crippen molar-refractivity contribution in [3.8, 4) is 5.75 Å². The van der Waals surface area contributed by atoms with E-state index in [1.165, 1.54) is 22.8 Å². The van der Waals surface area contributed by atoms with Gasteiger partial charge in [0.2, 0.25) is 4.96 Å². The number of esters is 1. The number of para-hydroxylation sites is 1. The molecule has 22 heavy (non-hydrogen) atoms. The maximum atomic E-state index is 12.3. The summed E-state index contributed by atoms with van der Waals surface area (Å²) in [7, 11) is 0. The van der Waals surface area contributed by atoms with Gasteiger partial charge in [-0.25, -0.2) is 4.98 Å². The quantitative estimate of drug-likeness (QED) is 0.536. The van der Waals surface area contributed by atoms with Crippen LogP contribution in [0, 0.1) is 0 Å². The standard InChI is InChI=1S/C15H13N3O3S/c1-3-13-16-15-18(17-13)14(20)12(22-15)8-10-6-4-5-7-11(10)21-9(2)19/h4-8H,3H2,1-2H3/b12-8-. The zero-order chi connectivity index (χ0) is 15.7. The molecule has 0 saturated carbocycles. The summed E-state index contributed by atoms with van der Waals surface area (Å²) in [6, 6.07) is 7.05. The monoisotopic (exact) mass is 315 g/mol. The lowest BCUT2D eigenvalue weighted by Crippen LogP contribution is -2.24. The zero-order valence-electron chi connectivity index (χ0n) is 12.1. The fraction of sp³-hybridized carbons (Fsp3) is 0.200. The molecule has 0 amide bonds. The lowest BCUT2D eigenvalue weighted by atomic mass is 10.2. The number of fused-ring (bicyclic) bond motifs is 1. The van der Waals surface area contributed by atoms with Crippen LogP contribution in [0.1, 0.15) is 25.2 Å². The van der Waals surface area contributed by atoms with Crippen molar-refractivity contribution in [2.75, 3.05) is 0 Å². The predicted molar refractivity (Wildman–Crippen MR) is 83.0 cm³/mol. The normalized spacial score (nSPS) is 12.0. The number of aromatic nitrogens is 3. The average molecular weight is 315 g/mol. The Hall–Kier alpha value is -2.54. The van der Waals surface area contributed by atoms with E-state index in [0.717, 1.165) is 0 Å². The molecule has 3 aromatic rings. The first-order valence-electron chi connectivity index (χ1n) is 6.76. The second-order valence-corrected chi connectivity index (χ2v) is 5.63. The number of rotatable bonds is 3. The molecule has 3 rings (SSSR count). The molecule has 0 aliphatic heterocycles. The van der Waals surface area contributed by atoms with Gasteiger partial charge in [0.25, 0.3) is 5.56 Å². The minimum atomic E-state index is -0.404. The highest BCUT2D eigenvalue weighted by atomic mass is 32.1. The van der Waals surface area contributed by atoms with Gasteiger partial charge in [-0.2, -0.15) is 4.52 Å². The van der Waals surface area contributed by atoms with E-state index in [1.54, 1.807) is 24.3 Å². The van der Waals surface area contributed by atoms with Gasteiger partial charge in [0.05, 0.1) is 4.53 Å². The molecule has 7 heteroatoms. The van der Waals surface area contributed by atoms with Gasteiger partial charge >= 0.3 is 5.97 Å². The number of carbonyl (C=O) groups is 1. The Morgan fingerprint density at radius 1 is 1.41 bits per heavy atom. The van der Waals surface area contributed by atoms with Crippen molar-refractivity contribution in [1.29, 1.82) is 0 Å². The maximum Gasteiger partial charge on any atom is 0.308 e. The number of hydrogen-bond donors (Lipinski definition) is 0. The van der Waals surface area contributed by atoms with Crippen molar-refractivity contribution in [1.82, 2.24) is 14.6 Å². The first-order chi connectivity index (χ1) is 10.6. The highest BCUT2D eigenvalue weighted by molar-refractivity contribution is 7.15. The van der Waals surface area contributed by atoms with Crippen LogP contribution in [0.2, 0.25) is 0 Å². The molecule has 6 nitrogen and oxygen atoms in total. The van der Waals surface area contributed by atoms with Crippen LogP contribution in [0.4, 0.5) is 0 Å². The van der Waals surface area contributed by atoms with E-state index < -0.39 is 5.97 Å². The molecular weight excluding hydrogens is 302 g/mol. The minimum Gasteiger partial charge on any atom is -0.426 e. The number of benzene rings is 1. The molecule has 0 unspecified atom stereocenters. The summed E-state index contributed by atoms with van der Waals surface area (Å²) >= 11 is 1.26.